The zero-order valence-electron chi connectivity index (χ0n) is 16.6. The molecule has 0 spiro atoms. The highest BCUT2D eigenvalue weighted by atomic mass is 19.4. The van der Waals surface area contributed by atoms with Gasteiger partial charge in [-0.2, -0.15) is 13.2 Å². The van der Waals surface area contributed by atoms with Gasteiger partial charge in [0.15, 0.2) is 5.82 Å². The SMILES string of the molecule is CC(C)(C)OC(=O)NCc1ccc(-c2ncc3c(n2)CC(C(F)(F)F)CC3)cc1. The summed E-state index contributed by atoms with van der Waals surface area (Å²) in [6, 6.07) is 7.21. The number of alkyl carbamates (subject to hydrolysis) is 1. The molecule has 3 rings (SSSR count). The van der Waals surface area contributed by atoms with Crippen molar-refractivity contribution in [3.8, 4) is 11.4 Å². The molecule has 1 aromatic heterocycles. The Morgan fingerprint density at radius 3 is 2.52 bits per heavy atom. The van der Waals surface area contributed by atoms with E-state index in [1.54, 1.807) is 39.1 Å². The Morgan fingerprint density at radius 2 is 1.90 bits per heavy atom. The van der Waals surface area contributed by atoms with Crippen LogP contribution < -0.4 is 5.32 Å². The number of nitrogens with zero attached hydrogens (tertiary/aromatic N) is 2. The van der Waals surface area contributed by atoms with Crippen molar-refractivity contribution in [2.45, 2.75) is 58.4 Å². The van der Waals surface area contributed by atoms with Crippen LogP contribution in [0.25, 0.3) is 11.4 Å². The Labute approximate surface area is 167 Å². The van der Waals surface area contributed by atoms with Gasteiger partial charge in [-0.3, -0.25) is 0 Å². The molecule has 29 heavy (non-hydrogen) atoms. The smallest absolute Gasteiger partial charge is 0.407 e. The molecule has 0 fully saturated rings. The summed E-state index contributed by atoms with van der Waals surface area (Å²) in [5.74, 6) is -0.947. The zero-order valence-corrected chi connectivity index (χ0v) is 16.6. The van der Waals surface area contributed by atoms with E-state index in [0.29, 0.717) is 30.0 Å². The number of carbonyl (C=O) groups is 1. The van der Waals surface area contributed by atoms with E-state index in [1.807, 2.05) is 12.1 Å². The number of benzene rings is 1. The van der Waals surface area contributed by atoms with Gasteiger partial charge in [0, 0.05) is 30.4 Å². The number of hydrogen-bond acceptors (Lipinski definition) is 4. The van der Waals surface area contributed by atoms with Crippen LogP contribution in [-0.2, 0) is 24.1 Å². The van der Waals surface area contributed by atoms with Crippen molar-refractivity contribution in [2.24, 2.45) is 5.92 Å². The minimum Gasteiger partial charge on any atom is -0.444 e. The van der Waals surface area contributed by atoms with E-state index in [9.17, 15) is 18.0 Å². The van der Waals surface area contributed by atoms with Gasteiger partial charge < -0.3 is 10.1 Å². The fourth-order valence-electron chi connectivity index (χ4n) is 3.17. The summed E-state index contributed by atoms with van der Waals surface area (Å²) < 4.78 is 44.3. The van der Waals surface area contributed by atoms with Gasteiger partial charge in [0.2, 0.25) is 0 Å². The summed E-state index contributed by atoms with van der Waals surface area (Å²) >= 11 is 0. The second kappa shape index (κ2) is 8.00. The molecule has 1 aliphatic rings. The van der Waals surface area contributed by atoms with E-state index in [2.05, 4.69) is 15.3 Å². The van der Waals surface area contributed by atoms with Crippen molar-refractivity contribution in [3.63, 3.8) is 0 Å². The molecule has 1 heterocycles. The predicted molar refractivity (Wildman–Crippen MR) is 102 cm³/mol. The molecule has 2 aromatic rings. The number of halogens is 3. The average molecular weight is 407 g/mol. The second-order valence-corrected chi connectivity index (χ2v) is 8.20. The first-order valence-electron chi connectivity index (χ1n) is 9.49. The highest BCUT2D eigenvalue weighted by Crippen LogP contribution is 2.36. The third-order valence-corrected chi connectivity index (χ3v) is 4.67. The largest absolute Gasteiger partial charge is 0.444 e. The van der Waals surface area contributed by atoms with Crippen molar-refractivity contribution in [2.75, 3.05) is 0 Å². The van der Waals surface area contributed by atoms with Crippen LogP contribution in [0, 0.1) is 5.92 Å². The van der Waals surface area contributed by atoms with E-state index < -0.39 is 23.8 Å². The number of aromatic nitrogens is 2. The normalized spacial score (nSPS) is 16.8. The third-order valence-electron chi connectivity index (χ3n) is 4.67. The van der Waals surface area contributed by atoms with Crippen LogP contribution in [0.5, 0.6) is 0 Å². The van der Waals surface area contributed by atoms with Gasteiger partial charge in [-0.1, -0.05) is 24.3 Å². The summed E-state index contributed by atoms with van der Waals surface area (Å²) in [5.41, 5.74) is 2.26. The lowest BCUT2D eigenvalue weighted by atomic mass is 9.87. The molecule has 5 nitrogen and oxygen atoms in total. The Balaban J connectivity index is 1.67. The second-order valence-electron chi connectivity index (χ2n) is 8.20. The van der Waals surface area contributed by atoms with Gasteiger partial charge >= 0.3 is 12.3 Å². The van der Waals surface area contributed by atoms with Gasteiger partial charge in [-0.15, -0.1) is 0 Å². The summed E-state index contributed by atoms with van der Waals surface area (Å²) in [6.45, 7) is 5.66. The highest BCUT2D eigenvalue weighted by molar-refractivity contribution is 5.67. The molecule has 0 aliphatic heterocycles. The lowest BCUT2D eigenvalue weighted by Gasteiger charge is -2.25. The van der Waals surface area contributed by atoms with Gasteiger partial charge in [0.25, 0.3) is 0 Å². The molecule has 1 aromatic carbocycles. The zero-order chi connectivity index (χ0) is 21.2. The molecular weight excluding hydrogens is 383 g/mol. The van der Waals surface area contributed by atoms with Gasteiger partial charge in [0.1, 0.15) is 5.60 Å². The molecule has 1 aliphatic carbocycles. The third kappa shape index (κ3) is 5.68. The Bertz CT molecular complexity index is 874. The van der Waals surface area contributed by atoms with Crippen LogP contribution in [0.15, 0.2) is 30.5 Å². The first-order valence-corrected chi connectivity index (χ1v) is 9.49. The molecule has 1 atom stereocenters. The summed E-state index contributed by atoms with van der Waals surface area (Å²) in [6.07, 6.45) is -2.76. The van der Waals surface area contributed by atoms with Crippen molar-refractivity contribution >= 4 is 6.09 Å². The van der Waals surface area contributed by atoms with Crippen LogP contribution in [0.3, 0.4) is 0 Å². The standard InChI is InChI=1S/C21H24F3N3O2/c1-20(2,3)29-19(28)26-11-13-4-6-14(7-5-13)18-25-12-15-8-9-16(21(22,23)24)10-17(15)27-18/h4-7,12,16H,8-11H2,1-3H3,(H,26,28). The van der Waals surface area contributed by atoms with Crippen LogP contribution >= 0.6 is 0 Å². The molecule has 8 heteroatoms. The number of amides is 1. The molecule has 1 unspecified atom stereocenters. The molecule has 0 radical (unpaired) electrons. The fraction of sp³-hybridized carbons (Fsp3) is 0.476. The molecule has 0 saturated carbocycles. The Hall–Kier alpha value is -2.64. The first-order chi connectivity index (χ1) is 13.5. The van der Waals surface area contributed by atoms with Crippen LogP contribution in [0.4, 0.5) is 18.0 Å². The maximum atomic E-state index is 13.0. The van der Waals surface area contributed by atoms with Gasteiger partial charge in [-0.25, -0.2) is 14.8 Å². The maximum Gasteiger partial charge on any atom is 0.407 e. The van der Waals surface area contributed by atoms with Crippen LogP contribution in [0.1, 0.15) is 44.0 Å². The van der Waals surface area contributed by atoms with E-state index in [0.717, 1.165) is 11.1 Å². The van der Waals surface area contributed by atoms with E-state index in [-0.39, 0.29) is 12.8 Å². The number of fused-ring (bicyclic) bond motifs is 1. The fourth-order valence-corrected chi connectivity index (χ4v) is 3.17. The lowest BCUT2D eigenvalue weighted by molar-refractivity contribution is -0.177. The number of alkyl halides is 3. The number of ether oxygens (including phenoxy) is 1. The molecule has 0 saturated heterocycles. The highest BCUT2D eigenvalue weighted by Gasteiger charge is 2.41. The molecular formula is C21H24F3N3O2. The Kier molecular flexibility index (Phi) is 5.82. The first kappa shape index (κ1) is 21.1. The van der Waals surface area contributed by atoms with Crippen molar-refractivity contribution in [1.29, 1.82) is 0 Å². The summed E-state index contributed by atoms with van der Waals surface area (Å²) in [4.78, 5) is 20.4. The van der Waals surface area contributed by atoms with Crippen LogP contribution in [0.2, 0.25) is 0 Å². The predicted octanol–water partition coefficient (Wildman–Crippen LogP) is 4.84. The average Bonchev–Trinajstić information content (AvgIpc) is 2.64. The number of carbonyl (C=O) groups excluding carboxylic acids is 1. The Morgan fingerprint density at radius 1 is 1.21 bits per heavy atom. The minimum atomic E-state index is -4.20. The van der Waals surface area contributed by atoms with E-state index in [4.69, 9.17) is 4.74 Å². The van der Waals surface area contributed by atoms with Crippen LogP contribution in [-0.4, -0.2) is 27.8 Å². The van der Waals surface area contributed by atoms with Crippen molar-refractivity contribution < 1.29 is 22.7 Å². The summed E-state index contributed by atoms with van der Waals surface area (Å²) in [7, 11) is 0. The van der Waals surface area contributed by atoms with E-state index >= 15 is 0 Å². The lowest BCUT2D eigenvalue weighted by Crippen LogP contribution is -2.32. The molecule has 1 amide bonds. The maximum absolute atomic E-state index is 13.0. The molecule has 156 valence electrons. The minimum absolute atomic E-state index is 0.0819. The quantitative estimate of drug-likeness (QED) is 0.791. The number of rotatable bonds is 3. The topological polar surface area (TPSA) is 64.1 Å². The van der Waals surface area contributed by atoms with Crippen molar-refractivity contribution in [1.82, 2.24) is 15.3 Å². The summed E-state index contributed by atoms with van der Waals surface area (Å²) in [5, 5.41) is 2.68. The molecule has 1 N–H and O–H groups in total. The molecule has 0 bridgehead atoms. The monoisotopic (exact) mass is 407 g/mol. The number of hydrogen-bond donors (Lipinski definition) is 1. The number of aryl methyl sites for hydroxylation is 1. The van der Waals surface area contributed by atoms with Crippen molar-refractivity contribution in [3.05, 3.63) is 47.3 Å². The van der Waals surface area contributed by atoms with Gasteiger partial charge in [0.05, 0.1) is 5.92 Å². The number of nitrogens with one attached hydrogen (secondary N) is 1. The van der Waals surface area contributed by atoms with Gasteiger partial charge in [-0.05, 0) is 44.7 Å². The van der Waals surface area contributed by atoms with E-state index in [1.165, 1.54) is 0 Å².